The molecule has 1 aromatic carbocycles. The lowest BCUT2D eigenvalue weighted by atomic mass is 10.0. The predicted molar refractivity (Wildman–Crippen MR) is 82.4 cm³/mol. The fraction of sp³-hybridized carbons (Fsp3) is 0.188. The molecule has 0 radical (unpaired) electrons. The number of rotatable bonds is 3. The van der Waals surface area contributed by atoms with Crippen molar-refractivity contribution in [3.05, 3.63) is 46.1 Å². The number of aromatic nitrogens is 1. The maximum absolute atomic E-state index is 13.7. The second-order valence-electron chi connectivity index (χ2n) is 5.10. The molecule has 0 fully saturated rings. The van der Waals surface area contributed by atoms with Crippen LogP contribution in [-0.4, -0.2) is 16.1 Å². The van der Waals surface area contributed by atoms with Crippen molar-refractivity contribution in [3.8, 4) is 10.6 Å². The Morgan fingerprint density at radius 3 is 2.71 bits per heavy atom. The third kappa shape index (κ3) is 2.45. The molecule has 3 aromatic rings. The Morgan fingerprint density at radius 2 is 2.10 bits per heavy atom. The number of aryl methyl sites for hydroxylation is 2. The molecule has 0 atom stereocenters. The molecule has 108 valence electrons. The van der Waals surface area contributed by atoms with Crippen molar-refractivity contribution in [2.45, 2.75) is 20.3 Å². The van der Waals surface area contributed by atoms with Gasteiger partial charge in [-0.1, -0.05) is 0 Å². The third-order valence-electron chi connectivity index (χ3n) is 3.49. The zero-order valence-corrected chi connectivity index (χ0v) is 12.5. The highest BCUT2D eigenvalue weighted by molar-refractivity contribution is 7.15. The number of carbonyl (C=O) groups is 1. The van der Waals surface area contributed by atoms with E-state index in [1.807, 2.05) is 26.0 Å². The maximum atomic E-state index is 13.7. The quantitative estimate of drug-likeness (QED) is 0.759. The van der Waals surface area contributed by atoms with Gasteiger partial charge in [0.15, 0.2) is 0 Å². The van der Waals surface area contributed by atoms with Crippen LogP contribution in [0.2, 0.25) is 0 Å². The van der Waals surface area contributed by atoms with Crippen LogP contribution in [0.3, 0.4) is 0 Å². The maximum Gasteiger partial charge on any atom is 0.307 e. The van der Waals surface area contributed by atoms with E-state index in [1.54, 1.807) is 11.3 Å². The first-order valence-corrected chi connectivity index (χ1v) is 7.36. The number of carboxylic acid groups (broad SMARTS) is 1. The van der Waals surface area contributed by atoms with E-state index in [-0.39, 0.29) is 12.2 Å². The van der Waals surface area contributed by atoms with Gasteiger partial charge in [-0.2, -0.15) is 0 Å². The van der Waals surface area contributed by atoms with Crippen LogP contribution in [0.5, 0.6) is 0 Å². The topological polar surface area (TPSA) is 53.1 Å². The summed E-state index contributed by atoms with van der Waals surface area (Å²) in [7, 11) is 0. The summed E-state index contributed by atoms with van der Waals surface area (Å²) < 4.78 is 13.7. The van der Waals surface area contributed by atoms with Crippen LogP contribution in [-0.2, 0) is 11.2 Å². The van der Waals surface area contributed by atoms with Gasteiger partial charge < -0.3 is 10.1 Å². The summed E-state index contributed by atoms with van der Waals surface area (Å²) >= 11 is 1.59. The van der Waals surface area contributed by atoms with E-state index >= 15 is 0 Å². The van der Waals surface area contributed by atoms with Gasteiger partial charge in [0.25, 0.3) is 0 Å². The van der Waals surface area contributed by atoms with Crippen molar-refractivity contribution in [1.29, 1.82) is 0 Å². The molecule has 0 saturated heterocycles. The van der Waals surface area contributed by atoms with Crippen LogP contribution < -0.4 is 0 Å². The number of fused-ring (bicyclic) bond motifs is 1. The number of aliphatic carboxylic acids is 1. The molecule has 0 spiro atoms. The van der Waals surface area contributed by atoms with Gasteiger partial charge in [-0.15, -0.1) is 11.3 Å². The molecular formula is C16H14FNO2S. The summed E-state index contributed by atoms with van der Waals surface area (Å²) in [6.07, 6.45) is -0.130. The second-order valence-corrected chi connectivity index (χ2v) is 6.39. The van der Waals surface area contributed by atoms with E-state index in [9.17, 15) is 9.18 Å². The Hall–Kier alpha value is -2.14. The lowest BCUT2D eigenvalue weighted by molar-refractivity contribution is -0.136. The highest BCUT2D eigenvalue weighted by Crippen LogP contribution is 2.36. The Balaban J connectivity index is 2.32. The van der Waals surface area contributed by atoms with Crippen molar-refractivity contribution >= 4 is 28.2 Å². The lowest BCUT2D eigenvalue weighted by Crippen LogP contribution is -2.00. The first-order valence-electron chi connectivity index (χ1n) is 6.55. The largest absolute Gasteiger partial charge is 0.481 e. The average molecular weight is 303 g/mol. The van der Waals surface area contributed by atoms with Gasteiger partial charge in [0, 0.05) is 15.8 Å². The number of H-pyrrole nitrogens is 1. The number of hydrogen-bond donors (Lipinski definition) is 2. The number of thiophene rings is 1. The molecule has 0 unspecified atom stereocenters. The minimum atomic E-state index is -0.924. The second kappa shape index (κ2) is 5.00. The molecular weight excluding hydrogens is 289 g/mol. The number of benzene rings is 1. The fourth-order valence-electron chi connectivity index (χ4n) is 2.60. The van der Waals surface area contributed by atoms with Crippen LogP contribution in [0, 0.1) is 19.7 Å². The fourth-order valence-corrected chi connectivity index (χ4v) is 3.49. The summed E-state index contributed by atoms with van der Waals surface area (Å²) in [5, 5.41) is 9.80. The van der Waals surface area contributed by atoms with Gasteiger partial charge in [0.1, 0.15) is 5.82 Å². The average Bonchev–Trinajstić information content (AvgIpc) is 2.94. The molecule has 0 bridgehead atoms. The van der Waals surface area contributed by atoms with Gasteiger partial charge in [0.2, 0.25) is 0 Å². The molecule has 0 aliphatic heterocycles. The van der Waals surface area contributed by atoms with Crippen molar-refractivity contribution in [3.63, 3.8) is 0 Å². The van der Waals surface area contributed by atoms with Crippen LogP contribution in [0.4, 0.5) is 4.39 Å². The zero-order valence-electron chi connectivity index (χ0n) is 11.7. The van der Waals surface area contributed by atoms with Gasteiger partial charge in [-0.05, 0) is 49.2 Å². The molecule has 21 heavy (non-hydrogen) atoms. The van der Waals surface area contributed by atoms with Gasteiger partial charge >= 0.3 is 5.97 Å². The van der Waals surface area contributed by atoms with E-state index in [0.29, 0.717) is 10.9 Å². The number of carboxylic acids is 1. The van der Waals surface area contributed by atoms with E-state index in [2.05, 4.69) is 4.98 Å². The SMILES string of the molecule is Cc1ccc(-c2[nH]c3c(C)cc(F)cc3c2CC(=O)O)s1. The first kappa shape index (κ1) is 13.8. The molecule has 0 aliphatic rings. The molecule has 5 heteroatoms. The van der Waals surface area contributed by atoms with Gasteiger partial charge in [-0.25, -0.2) is 4.39 Å². The summed E-state index contributed by atoms with van der Waals surface area (Å²) in [4.78, 5) is 16.6. The normalized spacial score (nSPS) is 11.2. The smallest absolute Gasteiger partial charge is 0.307 e. The van der Waals surface area contributed by atoms with Gasteiger partial charge in [0.05, 0.1) is 17.0 Å². The van der Waals surface area contributed by atoms with Crippen molar-refractivity contribution in [1.82, 2.24) is 4.98 Å². The molecule has 3 nitrogen and oxygen atoms in total. The predicted octanol–water partition coefficient (Wildman–Crippen LogP) is 4.28. The monoisotopic (exact) mass is 303 g/mol. The number of hydrogen-bond acceptors (Lipinski definition) is 2. The summed E-state index contributed by atoms with van der Waals surface area (Å²) in [6, 6.07) is 6.80. The van der Waals surface area contributed by atoms with Crippen LogP contribution in [0.15, 0.2) is 24.3 Å². The minimum absolute atomic E-state index is 0.130. The minimum Gasteiger partial charge on any atom is -0.481 e. The van der Waals surface area contributed by atoms with E-state index in [4.69, 9.17) is 5.11 Å². The zero-order chi connectivity index (χ0) is 15.1. The number of halogens is 1. The standard InChI is InChI=1S/C16H14FNO2S/c1-8-5-10(17)6-11-12(7-14(19)20)16(18-15(8)11)13-4-3-9(2)21-13/h3-6,18H,7H2,1-2H3,(H,19,20). The van der Waals surface area contributed by atoms with E-state index in [1.165, 1.54) is 12.1 Å². The third-order valence-corrected chi connectivity index (χ3v) is 4.51. The molecule has 0 saturated carbocycles. The number of nitrogens with one attached hydrogen (secondary N) is 1. The summed E-state index contributed by atoms with van der Waals surface area (Å²) in [6.45, 7) is 3.81. The number of aromatic amines is 1. The van der Waals surface area contributed by atoms with E-state index in [0.717, 1.165) is 26.5 Å². The Labute approximate surface area is 125 Å². The molecule has 0 amide bonds. The molecule has 3 rings (SSSR count). The Kier molecular flexibility index (Phi) is 3.29. The van der Waals surface area contributed by atoms with Crippen molar-refractivity contribution in [2.24, 2.45) is 0 Å². The van der Waals surface area contributed by atoms with Crippen LogP contribution in [0.25, 0.3) is 21.5 Å². The highest BCUT2D eigenvalue weighted by Gasteiger charge is 2.18. The molecule has 2 N–H and O–H groups in total. The Morgan fingerprint density at radius 1 is 1.33 bits per heavy atom. The first-order chi connectivity index (χ1) is 9.95. The van der Waals surface area contributed by atoms with Crippen molar-refractivity contribution < 1.29 is 14.3 Å². The van der Waals surface area contributed by atoms with Crippen molar-refractivity contribution in [2.75, 3.05) is 0 Å². The van der Waals surface area contributed by atoms with E-state index < -0.39 is 5.97 Å². The highest BCUT2D eigenvalue weighted by atomic mass is 32.1. The van der Waals surface area contributed by atoms with Crippen LogP contribution in [0.1, 0.15) is 16.0 Å². The Bertz CT molecular complexity index is 847. The molecule has 2 heterocycles. The summed E-state index contributed by atoms with van der Waals surface area (Å²) in [5.41, 5.74) is 2.99. The molecule has 2 aromatic heterocycles. The van der Waals surface area contributed by atoms with Gasteiger partial charge in [-0.3, -0.25) is 4.79 Å². The lowest BCUT2D eigenvalue weighted by Gasteiger charge is -2.00. The van der Waals surface area contributed by atoms with Crippen LogP contribution >= 0.6 is 11.3 Å². The molecule has 0 aliphatic carbocycles. The summed E-state index contributed by atoms with van der Waals surface area (Å²) in [5.74, 6) is -1.27.